The molecule has 32 heavy (non-hydrogen) atoms. The maximum atomic E-state index is 12.7. The zero-order valence-corrected chi connectivity index (χ0v) is 18.5. The Kier molecular flexibility index (Phi) is 5.28. The number of nitrogens with one attached hydrogen (secondary N) is 2. The molecule has 2 heterocycles. The molecule has 5 rings (SSSR count). The van der Waals surface area contributed by atoms with Gasteiger partial charge < -0.3 is 10.3 Å². The second-order valence-electron chi connectivity index (χ2n) is 7.39. The Bertz CT molecular complexity index is 1490. The largest absolute Gasteiger partial charge is 0.338 e. The highest BCUT2D eigenvalue weighted by Gasteiger charge is 2.10. The molecular weight excluding hydrogens is 470 g/mol. The van der Waals surface area contributed by atoms with E-state index in [1.165, 1.54) is 10.9 Å². The lowest BCUT2D eigenvalue weighted by molar-refractivity contribution is -0.116. The highest BCUT2D eigenvalue weighted by Crippen LogP contribution is 2.23. The molecule has 0 spiro atoms. The van der Waals surface area contributed by atoms with Gasteiger partial charge >= 0.3 is 0 Å². The van der Waals surface area contributed by atoms with Gasteiger partial charge in [-0.05, 0) is 42.5 Å². The fraction of sp³-hybridized carbons (Fsp3) is 0.0833. The first kappa shape index (κ1) is 20.1. The van der Waals surface area contributed by atoms with Crippen molar-refractivity contribution in [2.75, 3.05) is 5.32 Å². The third-order valence-corrected chi connectivity index (χ3v) is 5.67. The van der Waals surface area contributed by atoms with Crippen molar-refractivity contribution < 1.29 is 4.79 Å². The number of halogens is 1. The van der Waals surface area contributed by atoms with E-state index < -0.39 is 0 Å². The predicted molar refractivity (Wildman–Crippen MR) is 128 cm³/mol. The summed E-state index contributed by atoms with van der Waals surface area (Å²) in [6.45, 7) is 0.239. The van der Waals surface area contributed by atoms with Gasteiger partial charge in [0.25, 0.3) is 5.56 Å². The van der Waals surface area contributed by atoms with Gasteiger partial charge in [-0.2, -0.15) is 0 Å². The van der Waals surface area contributed by atoms with Crippen LogP contribution in [0, 0.1) is 0 Å². The van der Waals surface area contributed by atoms with E-state index in [9.17, 15) is 9.59 Å². The second-order valence-corrected chi connectivity index (χ2v) is 8.30. The first-order valence-corrected chi connectivity index (χ1v) is 10.9. The predicted octanol–water partition coefficient (Wildman–Crippen LogP) is 4.73. The molecule has 8 heteroatoms. The Balaban J connectivity index is 1.29. The second kappa shape index (κ2) is 8.39. The summed E-state index contributed by atoms with van der Waals surface area (Å²) in [6.07, 6.45) is 1.63. The highest BCUT2D eigenvalue weighted by molar-refractivity contribution is 9.10. The summed E-state index contributed by atoms with van der Waals surface area (Å²) >= 11 is 3.38. The Labute approximate surface area is 191 Å². The van der Waals surface area contributed by atoms with Gasteiger partial charge in [0.05, 0.1) is 28.3 Å². The number of amides is 1. The summed E-state index contributed by atoms with van der Waals surface area (Å²) in [5.74, 6) is 0.551. The smallest absolute Gasteiger partial charge is 0.261 e. The number of anilines is 1. The van der Waals surface area contributed by atoms with Crippen molar-refractivity contribution in [3.8, 4) is 11.4 Å². The van der Waals surface area contributed by atoms with Crippen LogP contribution in [-0.4, -0.2) is 25.4 Å². The molecule has 0 bridgehead atoms. The van der Waals surface area contributed by atoms with Crippen molar-refractivity contribution in [3.05, 3.63) is 87.9 Å². The lowest BCUT2D eigenvalue weighted by Crippen LogP contribution is -2.23. The number of carbonyl (C=O) groups excluding carboxylic acids is 1. The number of fused-ring (bicyclic) bond motifs is 2. The zero-order chi connectivity index (χ0) is 22.1. The number of rotatable bonds is 5. The topological polar surface area (TPSA) is 92.7 Å². The maximum absolute atomic E-state index is 12.7. The number of hydrogen-bond acceptors (Lipinski definition) is 4. The van der Waals surface area contributed by atoms with Gasteiger partial charge in [0.1, 0.15) is 5.82 Å². The molecule has 1 amide bonds. The number of imidazole rings is 1. The first-order valence-electron chi connectivity index (χ1n) is 10.1. The molecule has 0 aliphatic carbocycles. The minimum Gasteiger partial charge on any atom is -0.338 e. The average molecular weight is 488 g/mol. The van der Waals surface area contributed by atoms with Crippen molar-refractivity contribution in [1.29, 1.82) is 0 Å². The highest BCUT2D eigenvalue weighted by atomic mass is 79.9. The van der Waals surface area contributed by atoms with E-state index in [0.29, 0.717) is 16.6 Å². The molecular formula is C24H18BrN5O2. The van der Waals surface area contributed by atoms with Gasteiger partial charge in [0.15, 0.2) is 0 Å². The number of benzene rings is 3. The van der Waals surface area contributed by atoms with Gasteiger partial charge in [-0.1, -0.05) is 40.2 Å². The van der Waals surface area contributed by atoms with Gasteiger partial charge in [-0.3, -0.25) is 14.2 Å². The van der Waals surface area contributed by atoms with E-state index in [1.54, 1.807) is 12.1 Å². The third kappa shape index (κ3) is 4.04. The minimum atomic E-state index is -0.187. The number of aromatic nitrogens is 4. The van der Waals surface area contributed by atoms with E-state index >= 15 is 0 Å². The molecule has 5 aromatic rings. The van der Waals surface area contributed by atoms with Crippen LogP contribution in [0.1, 0.15) is 6.42 Å². The summed E-state index contributed by atoms with van der Waals surface area (Å²) in [5, 5.41) is 3.41. The Morgan fingerprint density at radius 1 is 1.03 bits per heavy atom. The molecule has 3 aromatic carbocycles. The molecule has 0 fully saturated rings. The quantitative estimate of drug-likeness (QED) is 0.374. The van der Waals surface area contributed by atoms with Crippen molar-refractivity contribution in [2.24, 2.45) is 0 Å². The summed E-state index contributed by atoms with van der Waals surface area (Å²) in [4.78, 5) is 37.4. The third-order valence-electron chi connectivity index (χ3n) is 5.17. The lowest BCUT2D eigenvalue weighted by Gasteiger charge is -2.09. The minimum absolute atomic E-state index is 0.149. The Morgan fingerprint density at radius 3 is 2.78 bits per heavy atom. The number of carbonyl (C=O) groups is 1. The van der Waals surface area contributed by atoms with Crippen LogP contribution in [-0.2, 0) is 11.3 Å². The summed E-state index contributed by atoms with van der Waals surface area (Å²) in [5.41, 5.74) is 3.84. The molecule has 2 aromatic heterocycles. The van der Waals surface area contributed by atoms with Crippen LogP contribution >= 0.6 is 15.9 Å². The average Bonchev–Trinajstić information content (AvgIpc) is 3.24. The summed E-state index contributed by atoms with van der Waals surface area (Å²) in [7, 11) is 0. The normalized spacial score (nSPS) is 11.2. The van der Waals surface area contributed by atoms with Crippen molar-refractivity contribution in [1.82, 2.24) is 19.5 Å². The van der Waals surface area contributed by atoms with E-state index in [-0.39, 0.29) is 24.4 Å². The molecule has 0 aliphatic heterocycles. The molecule has 0 unspecified atom stereocenters. The van der Waals surface area contributed by atoms with Crippen molar-refractivity contribution >= 4 is 49.5 Å². The van der Waals surface area contributed by atoms with Crippen LogP contribution in [0.25, 0.3) is 33.3 Å². The molecule has 7 nitrogen and oxygen atoms in total. The van der Waals surface area contributed by atoms with Crippen LogP contribution in [0.15, 0.2) is 82.3 Å². The standard InChI is InChI=1S/C24H18BrN5O2/c25-16-8-9-19-18(13-16)24(32)30(14-26-19)11-10-22(31)27-17-5-3-4-15(12-17)23-28-20-6-1-2-7-21(20)29-23/h1-9,12-14H,10-11H2,(H,27,31)(H,28,29). The van der Waals surface area contributed by atoms with Crippen molar-refractivity contribution in [3.63, 3.8) is 0 Å². The zero-order valence-electron chi connectivity index (χ0n) is 16.9. The van der Waals surface area contributed by atoms with E-state index in [4.69, 9.17) is 0 Å². The van der Waals surface area contributed by atoms with Crippen LogP contribution < -0.4 is 10.9 Å². The number of H-pyrrole nitrogens is 1. The summed E-state index contributed by atoms with van der Waals surface area (Å²) in [6, 6.07) is 20.7. The molecule has 0 saturated heterocycles. The monoisotopic (exact) mass is 487 g/mol. The first-order chi connectivity index (χ1) is 15.6. The lowest BCUT2D eigenvalue weighted by atomic mass is 10.2. The summed E-state index contributed by atoms with van der Waals surface area (Å²) < 4.78 is 2.27. The SMILES string of the molecule is O=C(CCn1cnc2ccc(Br)cc2c1=O)Nc1cccc(-c2nc3ccccc3[nH]2)c1. The van der Waals surface area contributed by atoms with Gasteiger partial charge in [-0.25, -0.2) is 9.97 Å². The molecule has 2 N–H and O–H groups in total. The van der Waals surface area contributed by atoms with E-state index in [0.717, 1.165) is 26.9 Å². The van der Waals surface area contributed by atoms with Gasteiger partial charge in [0.2, 0.25) is 5.91 Å². The van der Waals surface area contributed by atoms with Crippen molar-refractivity contribution in [2.45, 2.75) is 13.0 Å². The number of aromatic amines is 1. The fourth-order valence-corrected chi connectivity index (χ4v) is 3.93. The fourth-order valence-electron chi connectivity index (χ4n) is 3.57. The molecule has 158 valence electrons. The Hall–Kier alpha value is -3.78. The van der Waals surface area contributed by atoms with Gasteiger partial charge in [-0.15, -0.1) is 0 Å². The van der Waals surface area contributed by atoms with Crippen LogP contribution in [0.5, 0.6) is 0 Å². The van der Waals surface area contributed by atoms with E-state index in [1.807, 2.05) is 54.6 Å². The van der Waals surface area contributed by atoms with E-state index in [2.05, 4.69) is 36.2 Å². The number of nitrogens with zero attached hydrogens (tertiary/aromatic N) is 3. The number of para-hydroxylation sites is 2. The maximum Gasteiger partial charge on any atom is 0.261 e. The van der Waals surface area contributed by atoms with Crippen LogP contribution in [0.3, 0.4) is 0 Å². The number of hydrogen-bond donors (Lipinski definition) is 2. The molecule has 0 saturated carbocycles. The Morgan fingerprint density at radius 2 is 1.91 bits per heavy atom. The van der Waals surface area contributed by atoms with Crippen LogP contribution in [0.4, 0.5) is 5.69 Å². The van der Waals surface area contributed by atoms with Crippen LogP contribution in [0.2, 0.25) is 0 Å². The molecule has 0 atom stereocenters. The van der Waals surface area contributed by atoms with Gasteiger partial charge in [0, 0.05) is 28.7 Å². The molecule has 0 radical (unpaired) electrons. The molecule has 0 aliphatic rings. The number of aryl methyl sites for hydroxylation is 1.